The van der Waals surface area contributed by atoms with Gasteiger partial charge in [-0.05, 0) is 23.7 Å². The summed E-state index contributed by atoms with van der Waals surface area (Å²) in [4.78, 5) is 9.48. The fourth-order valence-corrected chi connectivity index (χ4v) is 2.91. The minimum atomic E-state index is -4.19. The Bertz CT molecular complexity index is 601. The molecule has 0 N–H and O–H groups in total. The van der Waals surface area contributed by atoms with Gasteiger partial charge in [-0.15, -0.1) is 0 Å². The Balaban J connectivity index is 3.27. The Kier molecular flexibility index (Phi) is 4.26. The van der Waals surface area contributed by atoms with E-state index in [9.17, 15) is 18.5 Å². The first-order valence-electron chi connectivity index (χ1n) is 5.60. The molecular weight excluding hydrogens is 294 g/mol. The van der Waals surface area contributed by atoms with Crippen LogP contribution in [0.1, 0.15) is 32.9 Å². The third kappa shape index (κ3) is 3.90. The van der Waals surface area contributed by atoms with Crippen molar-refractivity contribution < 1.29 is 13.3 Å². The first kappa shape index (κ1) is 15.9. The first-order chi connectivity index (χ1) is 8.43. The Morgan fingerprint density at radius 3 is 2.26 bits per heavy atom. The first-order valence-corrected chi connectivity index (χ1v) is 7.91. The lowest BCUT2D eigenvalue weighted by Gasteiger charge is -2.16. The Hall–Kier alpha value is -1.15. The number of rotatable bonds is 4. The second-order valence-corrected chi connectivity index (χ2v) is 7.97. The molecule has 0 atom stereocenters. The molecular formula is C10H16ClN3O4S. The van der Waals surface area contributed by atoms with Crippen molar-refractivity contribution >= 4 is 25.6 Å². The summed E-state index contributed by atoms with van der Waals surface area (Å²) in [5.74, 6) is -0.721. The van der Waals surface area contributed by atoms with Crippen LogP contribution in [-0.4, -0.2) is 23.1 Å². The van der Waals surface area contributed by atoms with Gasteiger partial charge in [0.05, 0.1) is 17.3 Å². The van der Waals surface area contributed by atoms with Crippen molar-refractivity contribution in [3.63, 3.8) is 0 Å². The predicted octanol–water partition coefficient (Wildman–Crippen LogP) is 2.46. The van der Waals surface area contributed by atoms with Gasteiger partial charge in [0.1, 0.15) is 0 Å². The van der Waals surface area contributed by atoms with Crippen LogP contribution in [0.15, 0.2) is 4.90 Å². The van der Waals surface area contributed by atoms with Gasteiger partial charge in [-0.3, -0.25) is 0 Å². The second-order valence-electron chi connectivity index (χ2n) is 5.47. The minimum absolute atomic E-state index is 0.00712. The SMILES string of the molecule is Cc1c(S(=O)(=O)Cl)c([N+](=O)[O-])nn1CCC(C)(C)C. The lowest BCUT2D eigenvalue weighted by atomic mass is 9.92. The summed E-state index contributed by atoms with van der Waals surface area (Å²) in [5.41, 5.74) is 0.193. The third-order valence-corrected chi connectivity index (χ3v) is 4.05. The van der Waals surface area contributed by atoms with Crippen LogP contribution in [0.2, 0.25) is 0 Å². The molecule has 0 aliphatic rings. The molecule has 0 aliphatic carbocycles. The summed E-state index contributed by atoms with van der Waals surface area (Å²) >= 11 is 0. The topological polar surface area (TPSA) is 95.1 Å². The van der Waals surface area contributed by atoms with E-state index in [1.807, 2.05) is 20.8 Å². The van der Waals surface area contributed by atoms with Crippen LogP contribution < -0.4 is 0 Å². The van der Waals surface area contributed by atoms with E-state index in [4.69, 9.17) is 10.7 Å². The molecule has 1 aromatic rings. The molecule has 0 aromatic carbocycles. The third-order valence-electron chi connectivity index (χ3n) is 2.62. The van der Waals surface area contributed by atoms with E-state index < -0.39 is 24.7 Å². The van der Waals surface area contributed by atoms with E-state index >= 15 is 0 Å². The molecule has 0 amide bonds. The maximum absolute atomic E-state index is 11.4. The molecule has 0 bridgehead atoms. The van der Waals surface area contributed by atoms with E-state index in [1.54, 1.807) is 0 Å². The molecule has 1 rings (SSSR count). The number of nitro groups is 1. The molecule has 9 heteroatoms. The van der Waals surface area contributed by atoms with E-state index in [2.05, 4.69) is 5.10 Å². The van der Waals surface area contributed by atoms with Crippen LogP contribution in [0.25, 0.3) is 0 Å². The van der Waals surface area contributed by atoms with Gasteiger partial charge in [0.25, 0.3) is 9.05 Å². The van der Waals surface area contributed by atoms with Crippen LogP contribution in [0.3, 0.4) is 0 Å². The van der Waals surface area contributed by atoms with Crippen molar-refractivity contribution in [1.82, 2.24) is 9.78 Å². The number of hydrogen-bond acceptors (Lipinski definition) is 5. The summed E-state index contributed by atoms with van der Waals surface area (Å²) in [5, 5.41) is 14.6. The summed E-state index contributed by atoms with van der Waals surface area (Å²) in [6.45, 7) is 7.89. The van der Waals surface area contributed by atoms with Gasteiger partial charge >= 0.3 is 5.82 Å². The molecule has 19 heavy (non-hydrogen) atoms. The summed E-state index contributed by atoms with van der Waals surface area (Å²) in [7, 11) is 1.04. The molecule has 0 saturated heterocycles. The average molecular weight is 310 g/mol. The molecule has 0 fully saturated rings. The van der Waals surface area contributed by atoms with Gasteiger partial charge < -0.3 is 10.1 Å². The molecule has 0 radical (unpaired) electrons. The summed E-state index contributed by atoms with van der Waals surface area (Å²) in [6.07, 6.45) is 0.703. The van der Waals surface area contributed by atoms with E-state index in [1.165, 1.54) is 11.6 Å². The van der Waals surface area contributed by atoms with Crippen molar-refractivity contribution in [2.24, 2.45) is 5.41 Å². The Morgan fingerprint density at radius 1 is 1.42 bits per heavy atom. The minimum Gasteiger partial charge on any atom is -0.358 e. The van der Waals surface area contributed by atoms with Gasteiger partial charge in [0, 0.05) is 10.7 Å². The van der Waals surface area contributed by atoms with Crippen molar-refractivity contribution in [1.29, 1.82) is 0 Å². The van der Waals surface area contributed by atoms with Gasteiger partial charge in [0.15, 0.2) is 0 Å². The predicted molar refractivity (Wildman–Crippen MR) is 70.7 cm³/mol. The van der Waals surface area contributed by atoms with E-state index in [0.717, 1.165) is 0 Å². The molecule has 1 heterocycles. The summed E-state index contributed by atoms with van der Waals surface area (Å²) < 4.78 is 24.1. The van der Waals surface area contributed by atoms with Gasteiger partial charge in [-0.1, -0.05) is 20.8 Å². The maximum Gasteiger partial charge on any atom is 0.410 e. The molecule has 0 spiro atoms. The number of nitrogens with zero attached hydrogens (tertiary/aromatic N) is 3. The van der Waals surface area contributed by atoms with Crippen molar-refractivity contribution in [2.75, 3.05) is 0 Å². The number of aromatic nitrogens is 2. The number of hydrogen-bond donors (Lipinski definition) is 0. The van der Waals surface area contributed by atoms with Crippen LogP contribution in [0.5, 0.6) is 0 Å². The van der Waals surface area contributed by atoms with Crippen LogP contribution in [0, 0.1) is 22.5 Å². The van der Waals surface area contributed by atoms with Gasteiger partial charge in [-0.25, -0.2) is 8.42 Å². The van der Waals surface area contributed by atoms with Crippen molar-refractivity contribution in [3.05, 3.63) is 15.8 Å². The highest BCUT2D eigenvalue weighted by Gasteiger charge is 2.34. The molecule has 108 valence electrons. The maximum atomic E-state index is 11.4. The smallest absolute Gasteiger partial charge is 0.358 e. The quantitative estimate of drug-likeness (QED) is 0.483. The van der Waals surface area contributed by atoms with Crippen LogP contribution in [-0.2, 0) is 15.6 Å². The highest BCUT2D eigenvalue weighted by atomic mass is 35.7. The standard InChI is InChI=1S/C10H16ClN3O4S/c1-7-8(19(11,17)18)9(14(15)16)12-13(7)6-5-10(2,3)4/h5-6H2,1-4H3. The largest absolute Gasteiger partial charge is 0.410 e. The number of aryl methyl sites for hydroxylation is 1. The molecule has 0 unspecified atom stereocenters. The monoisotopic (exact) mass is 309 g/mol. The average Bonchev–Trinajstić information content (AvgIpc) is 2.51. The van der Waals surface area contributed by atoms with E-state index in [-0.39, 0.29) is 11.1 Å². The van der Waals surface area contributed by atoms with Crippen molar-refractivity contribution in [3.8, 4) is 0 Å². The summed E-state index contributed by atoms with van der Waals surface area (Å²) in [6, 6.07) is 0. The molecule has 7 nitrogen and oxygen atoms in total. The fraction of sp³-hybridized carbons (Fsp3) is 0.700. The lowest BCUT2D eigenvalue weighted by Crippen LogP contribution is -2.12. The zero-order valence-corrected chi connectivity index (χ0v) is 12.7. The molecule has 0 aliphatic heterocycles. The highest BCUT2D eigenvalue weighted by Crippen LogP contribution is 2.30. The zero-order valence-electron chi connectivity index (χ0n) is 11.2. The lowest BCUT2D eigenvalue weighted by molar-refractivity contribution is -0.392. The van der Waals surface area contributed by atoms with Crippen molar-refractivity contribution in [2.45, 2.75) is 45.6 Å². The number of halogens is 1. The Labute approximate surface area is 116 Å². The van der Waals surface area contributed by atoms with E-state index in [0.29, 0.717) is 13.0 Å². The normalized spacial score (nSPS) is 12.7. The van der Waals surface area contributed by atoms with Gasteiger partial charge in [-0.2, -0.15) is 4.68 Å². The fourth-order valence-electron chi connectivity index (χ4n) is 1.58. The van der Waals surface area contributed by atoms with Crippen LogP contribution in [0.4, 0.5) is 5.82 Å². The van der Waals surface area contributed by atoms with Gasteiger partial charge in [0.2, 0.25) is 4.90 Å². The second kappa shape index (κ2) is 5.09. The zero-order chi connectivity index (χ0) is 15.0. The molecule has 1 aromatic heterocycles. The Morgan fingerprint density at radius 2 is 1.95 bits per heavy atom. The van der Waals surface area contributed by atoms with Crippen LogP contribution >= 0.6 is 10.7 Å². The molecule has 0 saturated carbocycles. The highest BCUT2D eigenvalue weighted by molar-refractivity contribution is 8.13.